The van der Waals surface area contributed by atoms with E-state index in [0.29, 0.717) is 22.1 Å². The molecular weight excluding hydrogens is 353 g/mol. The van der Waals surface area contributed by atoms with E-state index in [4.69, 9.17) is 4.42 Å². The van der Waals surface area contributed by atoms with Crippen LogP contribution in [0.15, 0.2) is 76.1 Å². The lowest BCUT2D eigenvalue weighted by atomic mass is 10.2. The molecule has 1 saturated heterocycles. The molecule has 0 atom stereocenters. The van der Waals surface area contributed by atoms with Gasteiger partial charge < -0.3 is 4.42 Å². The smallest absolute Gasteiger partial charge is 0.298 e. The van der Waals surface area contributed by atoms with Gasteiger partial charge in [0.15, 0.2) is 0 Å². The number of nitrogens with zero attached hydrogens (tertiary/aromatic N) is 1. The molecule has 0 N–H and O–H groups in total. The number of amides is 2. The molecule has 1 aromatic heterocycles. The Balaban J connectivity index is 1.60. The SMILES string of the molecule is O=C1S/C(=C\c2ccc(-c3ccc(F)cc3)o2)C(=O)N1c1ccccc1. The van der Waals surface area contributed by atoms with Gasteiger partial charge in [-0.3, -0.25) is 9.59 Å². The number of carbonyl (C=O) groups is 2. The molecule has 4 rings (SSSR count). The van der Waals surface area contributed by atoms with Crippen LogP contribution in [0.1, 0.15) is 5.76 Å². The standard InChI is InChI=1S/C20H12FNO3S/c21-14-8-6-13(7-9-14)17-11-10-16(25-17)12-18-19(23)22(20(24)26-18)15-4-2-1-3-5-15/h1-12H/b18-12-. The third-order valence-corrected chi connectivity index (χ3v) is 4.71. The van der Waals surface area contributed by atoms with Gasteiger partial charge in [0.2, 0.25) is 0 Å². The Kier molecular flexibility index (Phi) is 4.18. The molecule has 0 radical (unpaired) electrons. The lowest BCUT2D eigenvalue weighted by molar-refractivity contribution is -0.113. The van der Waals surface area contributed by atoms with Crippen LogP contribution in [0.3, 0.4) is 0 Å². The highest BCUT2D eigenvalue weighted by atomic mass is 32.2. The quantitative estimate of drug-likeness (QED) is 0.589. The van der Waals surface area contributed by atoms with E-state index in [2.05, 4.69) is 0 Å². The number of para-hydroxylation sites is 1. The number of benzene rings is 2. The summed E-state index contributed by atoms with van der Waals surface area (Å²) in [4.78, 5) is 26.2. The minimum absolute atomic E-state index is 0.291. The van der Waals surface area contributed by atoms with E-state index < -0.39 is 0 Å². The molecule has 1 aliphatic heterocycles. The lowest BCUT2D eigenvalue weighted by Crippen LogP contribution is -2.27. The monoisotopic (exact) mass is 365 g/mol. The van der Waals surface area contributed by atoms with Gasteiger partial charge in [0, 0.05) is 11.6 Å². The fourth-order valence-corrected chi connectivity index (χ4v) is 3.42. The lowest BCUT2D eigenvalue weighted by Gasteiger charge is -2.11. The van der Waals surface area contributed by atoms with Crippen LogP contribution < -0.4 is 4.90 Å². The van der Waals surface area contributed by atoms with Crippen molar-refractivity contribution >= 4 is 34.7 Å². The first kappa shape index (κ1) is 16.4. The summed E-state index contributed by atoms with van der Waals surface area (Å²) in [6, 6.07) is 18.1. The summed E-state index contributed by atoms with van der Waals surface area (Å²) < 4.78 is 18.7. The Morgan fingerprint density at radius 1 is 0.923 bits per heavy atom. The minimum Gasteiger partial charge on any atom is -0.457 e. The van der Waals surface area contributed by atoms with Crippen LogP contribution >= 0.6 is 11.8 Å². The van der Waals surface area contributed by atoms with E-state index >= 15 is 0 Å². The summed E-state index contributed by atoms with van der Waals surface area (Å²) in [7, 11) is 0. The van der Waals surface area contributed by atoms with E-state index in [9.17, 15) is 14.0 Å². The zero-order valence-electron chi connectivity index (χ0n) is 13.4. The van der Waals surface area contributed by atoms with Gasteiger partial charge in [-0.2, -0.15) is 0 Å². The predicted molar refractivity (Wildman–Crippen MR) is 99.0 cm³/mol. The summed E-state index contributed by atoms with van der Waals surface area (Å²) >= 11 is 0.867. The molecular formula is C20H12FNO3S. The number of carbonyl (C=O) groups excluding carboxylic acids is 2. The molecule has 1 fully saturated rings. The molecule has 0 bridgehead atoms. The van der Waals surface area contributed by atoms with Crippen molar-refractivity contribution in [1.82, 2.24) is 0 Å². The fourth-order valence-electron chi connectivity index (χ4n) is 2.60. The first-order chi connectivity index (χ1) is 12.6. The molecule has 0 aliphatic carbocycles. The van der Waals surface area contributed by atoms with Crippen molar-refractivity contribution in [3.63, 3.8) is 0 Å². The maximum absolute atomic E-state index is 13.0. The van der Waals surface area contributed by atoms with Gasteiger partial charge in [-0.15, -0.1) is 0 Å². The van der Waals surface area contributed by atoms with Crippen LogP contribution in [-0.2, 0) is 4.79 Å². The third kappa shape index (κ3) is 3.07. The molecule has 1 aliphatic rings. The Labute approximate surface area is 152 Å². The predicted octanol–water partition coefficient (Wildman–Crippen LogP) is 5.33. The normalized spacial score (nSPS) is 15.9. The maximum atomic E-state index is 13.0. The second kappa shape index (κ2) is 6.65. The summed E-state index contributed by atoms with van der Waals surface area (Å²) in [6.45, 7) is 0. The van der Waals surface area contributed by atoms with Gasteiger partial charge in [-0.05, 0) is 60.3 Å². The number of thioether (sulfide) groups is 1. The fraction of sp³-hybridized carbons (Fsp3) is 0. The van der Waals surface area contributed by atoms with Gasteiger partial charge in [0.25, 0.3) is 11.1 Å². The number of furan rings is 1. The van der Waals surface area contributed by atoms with Crippen molar-refractivity contribution in [3.8, 4) is 11.3 Å². The molecule has 2 amide bonds. The van der Waals surface area contributed by atoms with Gasteiger partial charge in [-0.1, -0.05) is 18.2 Å². The van der Waals surface area contributed by atoms with Crippen molar-refractivity contribution in [3.05, 3.63) is 83.2 Å². The summed E-state index contributed by atoms with van der Waals surface area (Å²) in [5.74, 6) is 0.294. The number of rotatable bonds is 3. The Bertz CT molecular complexity index is 1010. The number of hydrogen-bond acceptors (Lipinski definition) is 4. The Morgan fingerprint density at radius 2 is 1.65 bits per heavy atom. The number of anilines is 1. The van der Waals surface area contributed by atoms with Crippen LogP contribution in [0.25, 0.3) is 17.4 Å². The first-order valence-electron chi connectivity index (χ1n) is 7.80. The molecule has 26 heavy (non-hydrogen) atoms. The second-order valence-corrected chi connectivity index (χ2v) is 6.55. The van der Waals surface area contributed by atoms with E-state index in [1.807, 2.05) is 6.07 Å². The molecule has 0 saturated carbocycles. The van der Waals surface area contributed by atoms with Gasteiger partial charge in [0.05, 0.1) is 10.6 Å². The number of halogens is 1. The summed E-state index contributed by atoms with van der Waals surface area (Å²) in [5, 5.41) is -0.349. The first-order valence-corrected chi connectivity index (χ1v) is 8.62. The highest BCUT2D eigenvalue weighted by Gasteiger charge is 2.36. The van der Waals surface area contributed by atoms with Gasteiger partial charge in [0.1, 0.15) is 17.3 Å². The van der Waals surface area contributed by atoms with Crippen molar-refractivity contribution < 1.29 is 18.4 Å². The minimum atomic E-state index is -0.383. The van der Waals surface area contributed by atoms with E-state index in [1.54, 1.807) is 54.6 Å². The molecule has 4 nitrogen and oxygen atoms in total. The van der Waals surface area contributed by atoms with Crippen LogP contribution in [0.2, 0.25) is 0 Å². The second-order valence-electron chi connectivity index (χ2n) is 5.56. The average Bonchev–Trinajstić information content (AvgIpc) is 3.21. The largest absolute Gasteiger partial charge is 0.457 e. The Hall–Kier alpha value is -3.12. The summed E-state index contributed by atoms with van der Waals surface area (Å²) in [6.07, 6.45) is 1.54. The van der Waals surface area contributed by atoms with Gasteiger partial charge >= 0.3 is 0 Å². The van der Waals surface area contributed by atoms with Crippen LogP contribution in [0.5, 0.6) is 0 Å². The topological polar surface area (TPSA) is 50.5 Å². The highest BCUT2D eigenvalue weighted by molar-refractivity contribution is 8.19. The zero-order chi connectivity index (χ0) is 18.1. The molecule has 2 aromatic carbocycles. The van der Waals surface area contributed by atoms with Gasteiger partial charge in [-0.25, -0.2) is 9.29 Å². The third-order valence-electron chi connectivity index (χ3n) is 3.84. The molecule has 3 aromatic rings. The molecule has 0 spiro atoms. The van der Waals surface area contributed by atoms with Crippen molar-refractivity contribution in [2.75, 3.05) is 4.90 Å². The van der Waals surface area contributed by atoms with E-state index in [-0.39, 0.29) is 17.0 Å². The summed E-state index contributed by atoms with van der Waals surface area (Å²) in [5.41, 5.74) is 1.26. The zero-order valence-corrected chi connectivity index (χ0v) is 14.2. The average molecular weight is 365 g/mol. The molecule has 0 unspecified atom stereocenters. The van der Waals surface area contributed by atoms with Crippen molar-refractivity contribution in [2.24, 2.45) is 0 Å². The van der Waals surface area contributed by atoms with Crippen molar-refractivity contribution in [1.29, 1.82) is 0 Å². The van der Waals surface area contributed by atoms with Crippen molar-refractivity contribution in [2.45, 2.75) is 0 Å². The number of hydrogen-bond donors (Lipinski definition) is 0. The molecule has 2 heterocycles. The van der Waals surface area contributed by atoms with E-state index in [0.717, 1.165) is 22.2 Å². The van der Waals surface area contributed by atoms with Crippen LogP contribution in [0, 0.1) is 5.82 Å². The molecule has 6 heteroatoms. The maximum Gasteiger partial charge on any atom is 0.298 e. The molecule has 128 valence electrons. The van der Waals surface area contributed by atoms with Crippen LogP contribution in [-0.4, -0.2) is 11.1 Å². The van der Waals surface area contributed by atoms with E-state index in [1.165, 1.54) is 12.1 Å². The highest BCUT2D eigenvalue weighted by Crippen LogP contribution is 2.36. The Morgan fingerprint density at radius 3 is 2.38 bits per heavy atom. The van der Waals surface area contributed by atoms with Crippen LogP contribution in [0.4, 0.5) is 14.9 Å². The number of imide groups is 1.